The van der Waals surface area contributed by atoms with Gasteiger partial charge in [0.25, 0.3) is 11.5 Å². The lowest BCUT2D eigenvalue weighted by Crippen LogP contribution is -2.37. The number of likely N-dealkylation sites (tertiary alicyclic amines) is 1. The highest BCUT2D eigenvalue weighted by Gasteiger charge is 2.30. The fraction of sp³-hybridized carbons (Fsp3) is 0.333. The van der Waals surface area contributed by atoms with Gasteiger partial charge in [0.05, 0.1) is 11.7 Å². The molecule has 1 saturated heterocycles. The van der Waals surface area contributed by atoms with Crippen molar-refractivity contribution < 1.29 is 9.59 Å². The first-order chi connectivity index (χ1) is 12.5. The number of rotatable bonds is 5. The number of nitrogens with two attached hydrogens (primary N) is 1. The van der Waals surface area contributed by atoms with E-state index in [4.69, 9.17) is 5.73 Å². The Kier molecular flexibility index (Phi) is 5.01. The molecule has 26 heavy (non-hydrogen) atoms. The monoisotopic (exact) mass is 355 g/mol. The normalized spacial score (nSPS) is 16.7. The molecule has 0 unspecified atom stereocenters. The van der Waals surface area contributed by atoms with Gasteiger partial charge >= 0.3 is 0 Å². The number of amides is 2. The van der Waals surface area contributed by atoms with Crippen molar-refractivity contribution in [3.05, 3.63) is 46.2 Å². The number of hydrogen-bond acceptors (Lipinski definition) is 5. The van der Waals surface area contributed by atoms with Crippen molar-refractivity contribution in [1.82, 2.24) is 20.2 Å². The number of carbonyl (C=O) groups excluding carboxylic acids is 2. The molecule has 1 aromatic heterocycles. The third-order valence-corrected chi connectivity index (χ3v) is 4.22. The minimum atomic E-state index is -0.358. The van der Waals surface area contributed by atoms with Crippen molar-refractivity contribution >= 4 is 17.8 Å². The number of anilines is 1. The van der Waals surface area contributed by atoms with Gasteiger partial charge in [-0.2, -0.15) is 0 Å². The molecule has 0 aliphatic carbocycles. The molecular weight excluding hydrogens is 334 g/mol. The molecule has 8 nitrogen and oxygen atoms in total. The van der Waals surface area contributed by atoms with E-state index in [0.717, 1.165) is 6.42 Å². The van der Waals surface area contributed by atoms with E-state index in [1.165, 1.54) is 6.07 Å². The number of hydrogen-bond donors (Lipinski definition) is 3. The minimum Gasteiger partial charge on any atom is -0.369 e. The number of H-pyrrole nitrogens is 1. The molecule has 0 radical (unpaired) electrons. The Labute approximate surface area is 150 Å². The molecule has 1 fully saturated rings. The average molecular weight is 355 g/mol. The van der Waals surface area contributed by atoms with Crippen LogP contribution in [0.5, 0.6) is 0 Å². The van der Waals surface area contributed by atoms with Crippen LogP contribution in [0.2, 0.25) is 0 Å². The zero-order valence-electron chi connectivity index (χ0n) is 14.5. The maximum absolute atomic E-state index is 12.5. The van der Waals surface area contributed by atoms with Gasteiger partial charge in [-0.3, -0.25) is 19.4 Å². The second-order valence-corrected chi connectivity index (χ2v) is 6.31. The Bertz CT molecular complexity index is 892. The van der Waals surface area contributed by atoms with E-state index in [1.807, 2.05) is 6.92 Å². The highest BCUT2D eigenvalue weighted by atomic mass is 16.2. The van der Waals surface area contributed by atoms with Crippen LogP contribution in [0.15, 0.2) is 35.1 Å². The summed E-state index contributed by atoms with van der Waals surface area (Å²) in [6.07, 6.45) is 1.21. The summed E-state index contributed by atoms with van der Waals surface area (Å²) in [5.41, 5.74) is 6.66. The molecule has 1 aliphatic rings. The van der Waals surface area contributed by atoms with Crippen LogP contribution < -0.4 is 16.6 Å². The predicted molar refractivity (Wildman–Crippen MR) is 97.4 cm³/mol. The standard InChI is InChI=1S/C18H21N5O3/c1-2-6-23-10-13(8-16(23)25)20-17(26)12-5-3-4-11(7-12)14-9-15(24)22-18(19)21-14/h3-5,7,9,13H,2,6,8,10H2,1H3,(H,20,26)(H3,19,21,22,24)/t13-/m0/s1. The molecule has 2 aromatic rings. The van der Waals surface area contributed by atoms with Crippen LogP contribution in [0.1, 0.15) is 30.1 Å². The first-order valence-corrected chi connectivity index (χ1v) is 8.52. The van der Waals surface area contributed by atoms with Gasteiger partial charge in [0.15, 0.2) is 0 Å². The first kappa shape index (κ1) is 17.7. The van der Waals surface area contributed by atoms with Gasteiger partial charge in [-0.05, 0) is 18.6 Å². The molecule has 1 aliphatic heterocycles. The molecule has 8 heteroatoms. The van der Waals surface area contributed by atoms with Crippen molar-refractivity contribution in [2.24, 2.45) is 0 Å². The molecule has 0 spiro atoms. The van der Waals surface area contributed by atoms with Crippen molar-refractivity contribution in [1.29, 1.82) is 0 Å². The van der Waals surface area contributed by atoms with Crippen LogP contribution in [0.3, 0.4) is 0 Å². The quantitative estimate of drug-likeness (QED) is 0.731. The van der Waals surface area contributed by atoms with Gasteiger partial charge in [0.1, 0.15) is 0 Å². The summed E-state index contributed by atoms with van der Waals surface area (Å²) in [5.74, 6) is -0.183. The fourth-order valence-electron chi connectivity index (χ4n) is 3.07. The molecule has 2 heterocycles. The largest absolute Gasteiger partial charge is 0.369 e. The fourth-order valence-corrected chi connectivity index (χ4v) is 3.07. The molecule has 136 valence electrons. The zero-order chi connectivity index (χ0) is 18.7. The average Bonchev–Trinajstić information content (AvgIpc) is 2.94. The Morgan fingerprint density at radius 2 is 2.19 bits per heavy atom. The summed E-state index contributed by atoms with van der Waals surface area (Å²) < 4.78 is 0. The Balaban J connectivity index is 1.75. The van der Waals surface area contributed by atoms with Gasteiger partial charge in [-0.15, -0.1) is 0 Å². The number of benzene rings is 1. The van der Waals surface area contributed by atoms with Crippen molar-refractivity contribution in [2.75, 3.05) is 18.8 Å². The Morgan fingerprint density at radius 3 is 2.92 bits per heavy atom. The van der Waals surface area contributed by atoms with Gasteiger partial charge in [-0.25, -0.2) is 4.98 Å². The number of nitrogens with zero attached hydrogens (tertiary/aromatic N) is 2. The topological polar surface area (TPSA) is 121 Å². The van der Waals surface area contributed by atoms with E-state index in [9.17, 15) is 14.4 Å². The molecule has 2 amide bonds. The van der Waals surface area contributed by atoms with E-state index < -0.39 is 0 Å². The Hall–Kier alpha value is -3.16. The van der Waals surface area contributed by atoms with Crippen molar-refractivity contribution in [3.63, 3.8) is 0 Å². The lowest BCUT2D eigenvalue weighted by Gasteiger charge is -2.16. The summed E-state index contributed by atoms with van der Waals surface area (Å²) in [6.45, 7) is 3.25. The van der Waals surface area contributed by atoms with Gasteiger partial charge in [0.2, 0.25) is 11.9 Å². The number of carbonyl (C=O) groups is 2. The summed E-state index contributed by atoms with van der Waals surface area (Å²) in [5, 5.41) is 2.90. The van der Waals surface area contributed by atoms with E-state index in [0.29, 0.717) is 36.3 Å². The number of nitrogens with one attached hydrogen (secondary N) is 2. The number of nitrogen functional groups attached to an aromatic ring is 1. The van der Waals surface area contributed by atoms with E-state index in [2.05, 4.69) is 15.3 Å². The third-order valence-electron chi connectivity index (χ3n) is 4.22. The highest BCUT2D eigenvalue weighted by Crippen LogP contribution is 2.18. The van der Waals surface area contributed by atoms with Crippen LogP contribution in [0, 0.1) is 0 Å². The SMILES string of the molecule is CCCN1C[C@@H](NC(=O)c2cccc(-c3cc(=O)[nH]c(N)n3)c2)CC1=O. The first-order valence-electron chi connectivity index (χ1n) is 8.52. The number of aromatic nitrogens is 2. The zero-order valence-corrected chi connectivity index (χ0v) is 14.5. The smallest absolute Gasteiger partial charge is 0.252 e. The van der Waals surface area contributed by atoms with Gasteiger partial charge in [-0.1, -0.05) is 19.1 Å². The molecule has 1 atom stereocenters. The van der Waals surface area contributed by atoms with E-state index in [1.54, 1.807) is 29.2 Å². The lowest BCUT2D eigenvalue weighted by atomic mass is 10.1. The van der Waals surface area contributed by atoms with Crippen LogP contribution in [-0.4, -0.2) is 45.8 Å². The van der Waals surface area contributed by atoms with Crippen LogP contribution >= 0.6 is 0 Å². The summed E-state index contributed by atoms with van der Waals surface area (Å²) in [6, 6.07) is 7.92. The van der Waals surface area contributed by atoms with Gasteiger partial charge in [0, 0.05) is 36.7 Å². The van der Waals surface area contributed by atoms with Gasteiger partial charge < -0.3 is 16.0 Å². The van der Waals surface area contributed by atoms with Crippen molar-refractivity contribution in [2.45, 2.75) is 25.8 Å². The van der Waals surface area contributed by atoms with Crippen LogP contribution in [0.4, 0.5) is 5.95 Å². The minimum absolute atomic E-state index is 0.0165. The molecular formula is C18H21N5O3. The van der Waals surface area contributed by atoms with E-state index in [-0.39, 0.29) is 29.4 Å². The Morgan fingerprint density at radius 1 is 1.38 bits per heavy atom. The molecule has 0 bridgehead atoms. The third kappa shape index (κ3) is 3.90. The molecule has 3 rings (SSSR count). The maximum atomic E-state index is 12.5. The van der Waals surface area contributed by atoms with Crippen molar-refractivity contribution in [3.8, 4) is 11.3 Å². The molecule has 1 aromatic carbocycles. The summed E-state index contributed by atoms with van der Waals surface area (Å²) >= 11 is 0. The molecule has 4 N–H and O–H groups in total. The maximum Gasteiger partial charge on any atom is 0.252 e. The summed E-state index contributed by atoms with van der Waals surface area (Å²) in [4.78, 5) is 44.2. The van der Waals surface area contributed by atoms with E-state index >= 15 is 0 Å². The second kappa shape index (κ2) is 7.38. The highest BCUT2D eigenvalue weighted by molar-refractivity contribution is 5.96. The lowest BCUT2D eigenvalue weighted by molar-refractivity contribution is -0.127. The molecule has 0 saturated carbocycles. The summed E-state index contributed by atoms with van der Waals surface area (Å²) in [7, 11) is 0. The predicted octanol–water partition coefficient (Wildman–Crippen LogP) is 0.760. The second-order valence-electron chi connectivity index (χ2n) is 6.31. The number of aromatic amines is 1. The van der Waals surface area contributed by atoms with Crippen LogP contribution in [0.25, 0.3) is 11.3 Å². The van der Waals surface area contributed by atoms with Crippen LogP contribution in [-0.2, 0) is 4.79 Å².